The van der Waals surface area contributed by atoms with Crippen LogP contribution in [0.15, 0.2) is 48.7 Å². The molecule has 0 saturated carbocycles. The molecule has 1 aromatic carbocycles. The number of rotatable bonds is 6. The fraction of sp³-hybridized carbons (Fsp3) is 0.167. The minimum absolute atomic E-state index is 0.0545. The van der Waals surface area contributed by atoms with Gasteiger partial charge in [0.25, 0.3) is 0 Å². The summed E-state index contributed by atoms with van der Waals surface area (Å²) in [4.78, 5) is 20.7. The summed E-state index contributed by atoms with van der Waals surface area (Å²) in [7, 11) is 2.53. The summed E-state index contributed by atoms with van der Waals surface area (Å²) in [5.41, 5.74) is 1.06. The van der Waals surface area contributed by atoms with Crippen LogP contribution in [0.4, 0.5) is 5.82 Å². The van der Waals surface area contributed by atoms with Crippen molar-refractivity contribution in [2.75, 3.05) is 18.5 Å². The summed E-state index contributed by atoms with van der Waals surface area (Å²) in [6.07, 6.45) is 1.52. The van der Waals surface area contributed by atoms with Gasteiger partial charge in [0.1, 0.15) is 17.9 Å². The highest BCUT2D eigenvalue weighted by Crippen LogP contribution is 2.34. The maximum absolute atomic E-state index is 12.3. The van der Waals surface area contributed by atoms with E-state index in [1.165, 1.54) is 20.4 Å². The van der Waals surface area contributed by atoms with E-state index in [9.17, 15) is 13.6 Å². The molecule has 0 amide bonds. The number of nitrogens with zero attached hydrogens (tertiary/aromatic N) is 3. The number of aromatic nitrogens is 2. The van der Waals surface area contributed by atoms with E-state index in [2.05, 4.69) is 9.97 Å². The van der Waals surface area contributed by atoms with Crippen molar-refractivity contribution in [3.63, 3.8) is 0 Å². The van der Waals surface area contributed by atoms with E-state index in [0.29, 0.717) is 10.9 Å². The highest BCUT2D eigenvalue weighted by molar-refractivity contribution is 7.80. The van der Waals surface area contributed by atoms with Crippen LogP contribution in [0.3, 0.4) is 0 Å². The number of carbonyl (C=O) groups excluding carboxylic acids is 1. The fourth-order valence-electron chi connectivity index (χ4n) is 2.51. The number of fused-ring (bicyclic) bond motifs is 1. The molecule has 0 aliphatic carbocycles. The minimum Gasteiger partial charge on any atom is -0.755 e. The molecule has 0 aliphatic heterocycles. The number of benzene rings is 1. The normalized spacial score (nSPS) is 11.8. The second-order valence-corrected chi connectivity index (χ2v) is 6.48. The number of hydrogen-bond donors (Lipinski definition) is 0. The van der Waals surface area contributed by atoms with Crippen LogP contribution in [0.1, 0.15) is 16.1 Å². The van der Waals surface area contributed by atoms with Gasteiger partial charge in [0.05, 0.1) is 7.11 Å². The van der Waals surface area contributed by atoms with Gasteiger partial charge in [-0.2, -0.15) is 0 Å². The first-order valence-electron chi connectivity index (χ1n) is 7.89. The van der Waals surface area contributed by atoms with Crippen molar-refractivity contribution in [2.45, 2.75) is 6.61 Å². The van der Waals surface area contributed by atoms with Crippen molar-refractivity contribution in [1.29, 1.82) is 0 Å². The maximum atomic E-state index is 12.3. The molecule has 0 radical (unpaired) electrons. The van der Waals surface area contributed by atoms with Gasteiger partial charge >= 0.3 is 5.97 Å². The fourth-order valence-corrected chi connectivity index (χ4v) is 2.79. The van der Waals surface area contributed by atoms with Gasteiger partial charge in [-0.25, -0.2) is 9.78 Å². The summed E-state index contributed by atoms with van der Waals surface area (Å²) in [5.74, 6) is -0.564. The Bertz CT molecular complexity index is 997. The third-order valence-corrected chi connectivity index (χ3v) is 4.44. The Labute approximate surface area is 158 Å². The van der Waals surface area contributed by atoms with E-state index >= 15 is 0 Å². The molecule has 1 atom stereocenters. The number of hydrogen-bond acceptors (Lipinski definition) is 7. The van der Waals surface area contributed by atoms with Crippen molar-refractivity contribution in [1.82, 2.24) is 9.97 Å². The molecule has 0 spiro atoms. The average Bonchev–Trinajstić information content (AvgIpc) is 2.71. The summed E-state index contributed by atoms with van der Waals surface area (Å²) < 4.78 is 34.4. The smallest absolute Gasteiger partial charge is 0.360 e. The zero-order valence-electron chi connectivity index (χ0n) is 14.6. The predicted molar refractivity (Wildman–Crippen MR) is 99.0 cm³/mol. The third-order valence-electron chi connectivity index (χ3n) is 3.82. The Hall–Kier alpha value is -3.04. The first-order valence-corrected chi connectivity index (χ1v) is 8.93. The molecule has 3 rings (SSSR count). The molecule has 2 heterocycles. The van der Waals surface area contributed by atoms with Crippen LogP contribution < -0.4 is 9.04 Å². The Kier molecular flexibility index (Phi) is 5.63. The first-order chi connectivity index (χ1) is 13.0. The lowest BCUT2D eigenvalue weighted by Crippen LogP contribution is -2.22. The number of ether oxygens (including phenoxy) is 2. The summed E-state index contributed by atoms with van der Waals surface area (Å²) in [6, 6.07) is 12.7. The highest BCUT2D eigenvalue weighted by atomic mass is 32.2. The van der Waals surface area contributed by atoms with Crippen molar-refractivity contribution in [3.8, 4) is 5.75 Å². The van der Waals surface area contributed by atoms with Crippen LogP contribution >= 0.6 is 0 Å². The second-order valence-electron chi connectivity index (χ2n) is 5.49. The number of methoxy groups -OCH3 is 1. The van der Waals surface area contributed by atoms with Gasteiger partial charge < -0.3 is 14.0 Å². The van der Waals surface area contributed by atoms with Crippen LogP contribution in [0.5, 0.6) is 5.75 Å². The molecule has 0 fully saturated rings. The van der Waals surface area contributed by atoms with Crippen LogP contribution in [-0.2, 0) is 22.6 Å². The number of carbonyl (C=O) groups is 1. The Balaban J connectivity index is 2.17. The van der Waals surface area contributed by atoms with Crippen molar-refractivity contribution in [3.05, 3.63) is 59.9 Å². The van der Waals surface area contributed by atoms with Gasteiger partial charge in [-0.3, -0.25) is 13.5 Å². The molecular weight excluding hydrogens is 370 g/mol. The molecule has 0 bridgehead atoms. The lowest BCUT2D eigenvalue weighted by atomic mass is 10.2. The van der Waals surface area contributed by atoms with Gasteiger partial charge in [-0.05, 0) is 17.7 Å². The topological polar surface area (TPSA) is 105 Å². The van der Waals surface area contributed by atoms with Crippen LogP contribution in [0, 0.1) is 0 Å². The molecule has 0 N–H and O–H groups in total. The van der Waals surface area contributed by atoms with Gasteiger partial charge in [0, 0.05) is 29.9 Å². The Morgan fingerprint density at radius 2 is 1.96 bits per heavy atom. The summed E-state index contributed by atoms with van der Waals surface area (Å²) >= 11 is -2.58. The van der Waals surface area contributed by atoms with Gasteiger partial charge in [-0.1, -0.05) is 30.3 Å². The summed E-state index contributed by atoms with van der Waals surface area (Å²) in [5, 5.41) is 0.430. The van der Waals surface area contributed by atoms with Crippen molar-refractivity contribution in [2.24, 2.45) is 0 Å². The largest absolute Gasteiger partial charge is 0.755 e. The van der Waals surface area contributed by atoms with E-state index in [1.54, 1.807) is 12.1 Å². The molecule has 1 unspecified atom stereocenters. The van der Waals surface area contributed by atoms with Crippen LogP contribution in [0.25, 0.3) is 10.9 Å². The lowest BCUT2D eigenvalue weighted by molar-refractivity contribution is 0.0589. The van der Waals surface area contributed by atoms with E-state index in [1.807, 2.05) is 30.3 Å². The average molecular weight is 386 g/mol. The molecule has 2 aromatic heterocycles. The molecule has 3 aromatic rings. The van der Waals surface area contributed by atoms with Gasteiger partial charge in [-0.15, -0.1) is 0 Å². The molecular formula is C18H16N3O5S-. The molecule has 140 valence electrons. The molecule has 8 nitrogen and oxygen atoms in total. The van der Waals surface area contributed by atoms with Gasteiger partial charge in [0.2, 0.25) is 0 Å². The molecule has 9 heteroatoms. The predicted octanol–water partition coefficient (Wildman–Crippen LogP) is 2.23. The molecule has 27 heavy (non-hydrogen) atoms. The number of anilines is 1. The molecule has 0 saturated heterocycles. The van der Waals surface area contributed by atoms with Crippen LogP contribution in [-0.4, -0.2) is 38.9 Å². The molecule has 0 aliphatic rings. The zero-order chi connectivity index (χ0) is 19.4. The minimum atomic E-state index is -2.58. The van der Waals surface area contributed by atoms with Crippen molar-refractivity contribution >= 4 is 34.0 Å². The monoisotopic (exact) mass is 386 g/mol. The Morgan fingerprint density at radius 1 is 1.22 bits per heavy atom. The van der Waals surface area contributed by atoms with E-state index in [-0.39, 0.29) is 23.9 Å². The highest BCUT2D eigenvalue weighted by Gasteiger charge is 2.24. The standard InChI is InChI=1S/C18H17N3O5S/c1-21(27(23)24)17-13-9-6-10-19-14(13)16(15(20-17)18(22)25-2)26-11-12-7-4-3-5-8-12/h3-10H,11H2,1-2H3,(H,23,24)/p-1. The van der Waals surface area contributed by atoms with E-state index < -0.39 is 17.2 Å². The Morgan fingerprint density at radius 3 is 2.63 bits per heavy atom. The third kappa shape index (κ3) is 3.88. The van der Waals surface area contributed by atoms with Crippen LogP contribution in [0.2, 0.25) is 0 Å². The van der Waals surface area contributed by atoms with Crippen molar-refractivity contribution < 1.29 is 23.0 Å². The maximum Gasteiger partial charge on any atom is 0.360 e. The number of pyridine rings is 2. The first kappa shape index (κ1) is 18.7. The van der Waals surface area contributed by atoms with E-state index in [0.717, 1.165) is 9.87 Å². The van der Waals surface area contributed by atoms with E-state index in [4.69, 9.17) is 9.47 Å². The lowest BCUT2D eigenvalue weighted by Gasteiger charge is -2.23. The van der Waals surface area contributed by atoms with Gasteiger partial charge in [0.15, 0.2) is 11.4 Å². The number of esters is 1. The SMILES string of the molecule is COC(=O)c1nc(N(C)S(=O)[O-])c2cccnc2c1OCc1ccccc1. The zero-order valence-corrected chi connectivity index (χ0v) is 15.4. The quantitative estimate of drug-likeness (QED) is 0.472. The second kappa shape index (κ2) is 8.11. The summed E-state index contributed by atoms with van der Waals surface area (Å²) in [6.45, 7) is 0.181.